The fourth-order valence-electron chi connectivity index (χ4n) is 1.32. The maximum atomic E-state index is 10.9. The zero-order valence-corrected chi connectivity index (χ0v) is 10.4. The van der Waals surface area contributed by atoms with Crippen LogP contribution in [0.4, 0.5) is 11.8 Å². The molecule has 2 heterocycles. The number of nitrogens with zero attached hydrogens (tertiary/aromatic N) is 2. The maximum absolute atomic E-state index is 10.9. The van der Waals surface area contributed by atoms with E-state index in [0.717, 1.165) is 10.2 Å². The summed E-state index contributed by atoms with van der Waals surface area (Å²) in [6.07, 6.45) is 1.68. The third kappa shape index (κ3) is 2.48. The van der Waals surface area contributed by atoms with Gasteiger partial charge in [0.1, 0.15) is 10.6 Å². The Labute approximate surface area is 99.6 Å². The molecule has 86 valence electrons. The number of anilines is 2. The highest BCUT2D eigenvalue weighted by Gasteiger charge is 2.06. The van der Waals surface area contributed by atoms with E-state index in [9.17, 15) is 4.21 Å². The zero-order chi connectivity index (χ0) is 11.5. The smallest absolute Gasteiger partial charge is 0.223 e. The van der Waals surface area contributed by atoms with Crippen molar-refractivity contribution in [2.75, 3.05) is 29.6 Å². The Bertz CT molecular complexity index is 525. The predicted molar refractivity (Wildman–Crippen MR) is 69.3 cm³/mol. The highest BCUT2D eigenvalue weighted by Crippen LogP contribution is 2.25. The molecule has 0 aliphatic heterocycles. The first kappa shape index (κ1) is 11.3. The Balaban J connectivity index is 2.22. The Kier molecular flexibility index (Phi) is 3.35. The molecule has 1 atom stereocenters. The molecule has 0 saturated heterocycles. The van der Waals surface area contributed by atoms with Crippen LogP contribution in [0.15, 0.2) is 11.4 Å². The lowest BCUT2D eigenvalue weighted by Crippen LogP contribution is -2.11. The van der Waals surface area contributed by atoms with Crippen LogP contribution in [0.2, 0.25) is 0 Å². The van der Waals surface area contributed by atoms with Crippen LogP contribution in [-0.4, -0.2) is 32.7 Å². The molecule has 2 aromatic heterocycles. The van der Waals surface area contributed by atoms with E-state index in [1.165, 1.54) is 11.3 Å². The molecule has 3 N–H and O–H groups in total. The van der Waals surface area contributed by atoms with Gasteiger partial charge in [-0.1, -0.05) is 0 Å². The molecular formula is C9H12N4OS2. The van der Waals surface area contributed by atoms with Crippen molar-refractivity contribution in [1.82, 2.24) is 9.97 Å². The maximum Gasteiger partial charge on any atom is 0.223 e. The van der Waals surface area contributed by atoms with Crippen molar-refractivity contribution in [2.45, 2.75) is 0 Å². The summed E-state index contributed by atoms with van der Waals surface area (Å²) in [6.45, 7) is 0.616. The molecule has 7 heteroatoms. The van der Waals surface area contributed by atoms with E-state index < -0.39 is 10.8 Å². The molecule has 5 nitrogen and oxygen atoms in total. The van der Waals surface area contributed by atoms with Gasteiger partial charge in [-0.3, -0.25) is 4.21 Å². The Hall–Kier alpha value is -1.21. The summed E-state index contributed by atoms with van der Waals surface area (Å²) in [5.74, 6) is 1.57. The number of hydrogen-bond acceptors (Lipinski definition) is 6. The number of rotatable bonds is 4. The number of thiophene rings is 1. The minimum atomic E-state index is -0.803. The number of hydrogen-bond donors (Lipinski definition) is 2. The summed E-state index contributed by atoms with van der Waals surface area (Å²) < 4.78 is 10.9. The van der Waals surface area contributed by atoms with Crippen LogP contribution in [0.5, 0.6) is 0 Å². The van der Waals surface area contributed by atoms with Crippen LogP contribution in [-0.2, 0) is 10.8 Å². The number of aromatic nitrogens is 2. The van der Waals surface area contributed by atoms with Gasteiger partial charge in [0.15, 0.2) is 0 Å². The Morgan fingerprint density at radius 3 is 3.12 bits per heavy atom. The summed E-state index contributed by atoms with van der Waals surface area (Å²) in [5, 5.41) is 6.03. The minimum absolute atomic E-state index is 0.259. The molecule has 0 spiro atoms. The molecule has 0 amide bonds. The molecule has 0 aliphatic carbocycles. The molecule has 1 unspecified atom stereocenters. The molecule has 16 heavy (non-hydrogen) atoms. The quantitative estimate of drug-likeness (QED) is 0.855. The molecular weight excluding hydrogens is 244 g/mol. The summed E-state index contributed by atoms with van der Waals surface area (Å²) in [4.78, 5) is 9.13. The fourth-order valence-corrected chi connectivity index (χ4v) is 2.48. The first-order valence-corrected chi connectivity index (χ1v) is 7.32. The third-order valence-electron chi connectivity index (χ3n) is 2.02. The molecule has 0 saturated carbocycles. The van der Waals surface area contributed by atoms with Crippen molar-refractivity contribution in [3.63, 3.8) is 0 Å². The highest BCUT2D eigenvalue weighted by molar-refractivity contribution is 7.84. The van der Waals surface area contributed by atoms with Gasteiger partial charge >= 0.3 is 0 Å². The SMILES string of the molecule is CS(=O)CCNc1nc(N)nc2sccc12. The van der Waals surface area contributed by atoms with E-state index in [1.54, 1.807) is 6.26 Å². The second kappa shape index (κ2) is 4.75. The van der Waals surface area contributed by atoms with Crippen LogP contribution in [0.1, 0.15) is 0 Å². The number of fused-ring (bicyclic) bond motifs is 1. The van der Waals surface area contributed by atoms with Gasteiger partial charge in [-0.25, -0.2) is 4.98 Å². The molecule has 2 rings (SSSR count). The summed E-state index contributed by atoms with van der Waals surface area (Å²) in [6, 6.07) is 1.95. The van der Waals surface area contributed by atoms with Crippen LogP contribution in [0.3, 0.4) is 0 Å². The average molecular weight is 256 g/mol. The topological polar surface area (TPSA) is 80.9 Å². The summed E-state index contributed by atoms with van der Waals surface area (Å²) in [7, 11) is -0.803. The Morgan fingerprint density at radius 2 is 2.38 bits per heavy atom. The fraction of sp³-hybridized carbons (Fsp3) is 0.333. The van der Waals surface area contributed by atoms with E-state index in [2.05, 4.69) is 15.3 Å². The monoisotopic (exact) mass is 256 g/mol. The van der Waals surface area contributed by atoms with Crippen molar-refractivity contribution in [1.29, 1.82) is 0 Å². The van der Waals surface area contributed by atoms with E-state index >= 15 is 0 Å². The van der Waals surface area contributed by atoms with Gasteiger partial charge in [-0.05, 0) is 11.4 Å². The molecule has 0 aromatic carbocycles. The second-order valence-corrected chi connectivity index (χ2v) is 5.72. The third-order valence-corrected chi connectivity index (χ3v) is 3.61. The first-order valence-electron chi connectivity index (χ1n) is 4.71. The van der Waals surface area contributed by atoms with Crippen LogP contribution >= 0.6 is 11.3 Å². The predicted octanol–water partition coefficient (Wildman–Crippen LogP) is 1.06. The van der Waals surface area contributed by atoms with Gasteiger partial charge in [0.25, 0.3) is 0 Å². The van der Waals surface area contributed by atoms with Crippen LogP contribution < -0.4 is 11.1 Å². The van der Waals surface area contributed by atoms with E-state index in [1.807, 2.05) is 11.4 Å². The van der Waals surface area contributed by atoms with Crippen molar-refractivity contribution < 1.29 is 4.21 Å². The van der Waals surface area contributed by atoms with Gasteiger partial charge < -0.3 is 11.1 Å². The second-order valence-electron chi connectivity index (χ2n) is 3.27. The molecule has 2 aromatic rings. The first-order chi connectivity index (χ1) is 7.66. The lowest BCUT2D eigenvalue weighted by atomic mass is 10.4. The molecule has 0 aliphatic rings. The van der Waals surface area contributed by atoms with E-state index in [0.29, 0.717) is 18.1 Å². The van der Waals surface area contributed by atoms with Crippen molar-refractivity contribution in [3.05, 3.63) is 11.4 Å². The number of nitrogens with one attached hydrogen (secondary N) is 1. The average Bonchev–Trinajstić information content (AvgIpc) is 2.64. The van der Waals surface area contributed by atoms with Crippen LogP contribution in [0.25, 0.3) is 10.2 Å². The van der Waals surface area contributed by atoms with Crippen molar-refractivity contribution in [3.8, 4) is 0 Å². The number of nitrogens with two attached hydrogens (primary N) is 1. The lowest BCUT2D eigenvalue weighted by molar-refractivity contribution is 0.687. The minimum Gasteiger partial charge on any atom is -0.368 e. The normalized spacial score (nSPS) is 12.8. The standard InChI is InChI=1S/C9H12N4OS2/c1-16(14)5-3-11-7-6-2-4-15-8(6)13-9(10)12-7/h2,4H,3,5H2,1H3,(H3,10,11,12,13). The molecule has 0 bridgehead atoms. The van der Waals surface area contributed by atoms with Crippen molar-refractivity contribution in [2.24, 2.45) is 0 Å². The van der Waals surface area contributed by atoms with E-state index in [4.69, 9.17) is 5.73 Å². The molecule has 0 fully saturated rings. The highest BCUT2D eigenvalue weighted by atomic mass is 32.2. The van der Waals surface area contributed by atoms with E-state index in [-0.39, 0.29) is 5.95 Å². The summed E-state index contributed by atoms with van der Waals surface area (Å²) >= 11 is 1.52. The largest absolute Gasteiger partial charge is 0.368 e. The summed E-state index contributed by atoms with van der Waals surface area (Å²) in [5.41, 5.74) is 5.60. The van der Waals surface area contributed by atoms with Gasteiger partial charge in [0, 0.05) is 29.4 Å². The van der Waals surface area contributed by atoms with Gasteiger partial charge in [0.05, 0.1) is 5.39 Å². The lowest BCUT2D eigenvalue weighted by Gasteiger charge is -2.05. The van der Waals surface area contributed by atoms with Gasteiger partial charge in [-0.2, -0.15) is 4.98 Å². The van der Waals surface area contributed by atoms with Gasteiger partial charge in [-0.15, -0.1) is 11.3 Å². The Morgan fingerprint density at radius 1 is 1.56 bits per heavy atom. The number of nitrogen functional groups attached to an aromatic ring is 1. The van der Waals surface area contributed by atoms with Crippen LogP contribution in [0, 0.1) is 0 Å². The van der Waals surface area contributed by atoms with Gasteiger partial charge in [0.2, 0.25) is 5.95 Å². The molecule has 0 radical (unpaired) electrons. The van der Waals surface area contributed by atoms with Crippen molar-refractivity contribution >= 4 is 44.1 Å². The zero-order valence-electron chi connectivity index (χ0n) is 8.77.